The summed E-state index contributed by atoms with van der Waals surface area (Å²) in [5.74, 6) is -2.88. The zero-order chi connectivity index (χ0) is 21.6. The number of hydrogen-bond acceptors (Lipinski definition) is 6. The summed E-state index contributed by atoms with van der Waals surface area (Å²) in [6.07, 6.45) is 1.26. The Morgan fingerprint density at radius 1 is 1.07 bits per heavy atom. The molecule has 1 rings (SSSR count). The Morgan fingerprint density at radius 3 is 2.34 bits per heavy atom. The Labute approximate surface area is 170 Å². The molecule has 0 aliphatic rings. The van der Waals surface area contributed by atoms with Gasteiger partial charge in [-0.2, -0.15) is 0 Å². The minimum Gasteiger partial charge on any atom is -0.374 e. The number of nitrogens with one attached hydrogen (secondary N) is 3. The molecule has 0 spiro atoms. The Hall–Kier alpha value is -2.78. The fraction of sp³-hybridized carbons (Fsp3) is 0.500. The van der Waals surface area contributed by atoms with E-state index in [1.54, 1.807) is 0 Å². The molecule has 9 heteroatoms. The van der Waals surface area contributed by atoms with Crippen molar-refractivity contribution in [1.82, 2.24) is 16.0 Å². The highest BCUT2D eigenvalue weighted by molar-refractivity contribution is 6.38. The van der Waals surface area contributed by atoms with Gasteiger partial charge in [-0.15, -0.1) is 0 Å². The maximum Gasteiger partial charge on any atom is 0.289 e. The third-order valence-electron chi connectivity index (χ3n) is 4.05. The molecule has 0 radical (unpaired) electrons. The summed E-state index contributed by atoms with van der Waals surface area (Å²) >= 11 is 0. The summed E-state index contributed by atoms with van der Waals surface area (Å²) in [6.45, 7) is 4.00. The van der Waals surface area contributed by atoms with E-state index in [1.807, 2.05) is 44.2 Å². The van der Waals surface area contributed by atoms with Crippen molar-refractivity contribution in [3.8, 4) is 0 Å². The van der Waals surface area contributed by atoms with Crippen LogP contribution in [0, 0.1) is 0 Å². The summed E-state index contributed by atoms with van der Waals surface area (Å²) in [6, 6.07) is 7.69. The van der Waals surface area contributed by atoms with E-state index in [-0.39, 0.29) is 13.2 Å². The maximum atomic E-state index is 12.1. The number of carbonyl (C=O) groups is 4. The third-order valence-corrected chi connectivity index (χ3v) is 4.05. The van der Waals surface area contributed by atoms with Crippen LogP contribution < -0.4 is 21.7 Å². The van der Waals surface area contributed by atoms with Crippen molar-refractivity contribution in [1.29, 1.82) is 0 Å². The van der Waals surface area contributed by atoms with E-state index in [4.69, 9.17) is 10.5 Å². The van der Waals surface area contributed by atoms with Crippen LogP contribution in [0.15, 0.2) is 30.3 Å². The number of ether oxygens (including phenoxy) is 1. The SMILES string of the molecule is CCCC(NCC)C(=O)C(=O)NCC(=O)NC(COCc1ccccc1)C(N)=O. The van der Waals surface area contributed by atoms with Crippen molar-refractivity contribution >= 4 is 23.5 Å². The van der Waals surface area contributed by atoms with Gasteiger partial charge in [0.25, 0.3) is 5.91 Å². The van der Waals surface area contributed by atoms with Crippen LogP contribution in [0.1, 0.15) is 32.3 Å². The summed E-state index contributed by atoms with van der Waals surface area (Å²) in [5.41, 5.74) is 6.20. The first-order chi connectivity index (χ1) is 13.9. The molecule has 0 saturated carbocycles. The summed E-state index contributed by atoms with van der Waals surface area (Å²) in [7, 11) is 0. The van der Waals surface area contributed by atoms with Gasteiger partial charge in [0.15, 0.2) is 0 Å². The van der Waals surface area contributed by atoms with Crippen LogP contribution in [-0.2, 0) is 30.5 Å². The van der Waals surface area contributed by atoms with Crippen molar-refractivity contribution in [2.24, 2.45) is 5.73 Å². The van der Waals surface area contributed by atoms with E-state index < -0.39 is 42.1 Å². The number of rotatable bonds is 14. The smallest absolute Gasteiger partial charge is 0.289 e. The molecule has 0 heterocycles. The van der Waals surface area contributed by atoms with Crippen LogP contribution in [0.2, 0.25) is 0 Å². The van der Waals surface area contributed by atoms with Crippen molar-refractivity contribution in [3.05, 3.63) is 35.9 Å². The first kappa shape index (κ1) is 24.3. The summed E-state index contributed by atoms with van der Waals surface area (Å²) in [5, 5.41) is 7.62. The van der Waals surface area contributed by atoms with Gasteiger partial charge >= 0.3 is 0 Å². The van der Waals surface area contributed by atoms with Gasteiger partial charge in [-0.05, 0) is 18.5 Å². The Kier molecular flexibility index (Phi) is 11.2. The Balaban J connectivity index is 2.45. The first-order valence-corrected chi connectivity index (χ1v) is 9.64. The number of hydrogen-bond donors (Lipinski definition) is 4. The lowest BCUT2D eigenvalue weighted by molar-refractivity contribution is -0.140. The lowest BCUT2D eigenvalue weighted by Gasteiger charge is -2.17. The number of benzene rings is 1. The highest BCUT2D eigenvalue weighted by Crippen LogP contribution is 2.01. The average Bonchev–Trinajstić information content (AvgIpc) is 2.71. The molecule has 1 aromatic rings. The molecule has 0 bridgehead atoms. The van der Waals surface area contributed by atoms with Gasteiger partial charge < -0.3 is 26.4 Å². The molecular formula is C20H30N4O5. The average molecular weight is 406 g/mol. The van der Waals surface area contributed by atoms with Gasteiger partial charge in [-0.1, -0.05) is 50.6 Å². The molecule has 5 N–H and O–H groups in total. The normalized spacial score (nSPS) is 12.6. The van der Waals surface area contributed by atoms with E-state index in [0.29, 0.717) is 13.0 Å². The first-order valence-electron chi connectivity index (χ1n) is 9.64. The van der Waals surface area contributed by atoms with Crippen LogP contribution in [0.5, 0.6) is 0 Å². The number of ketones is 1. The number of amides is 3. The molecule has 160 valence electrons. The molecule has 1 aromatic carbocycles. The predicted molar refractivity (Wildman–Crippen MR) is 108 cm³/mol. The van der Waals surface area contributed by atoms with Gasteiger partial charge in [0, 0.05) is 0 Å². The quantitative estimate of drug-likeness (QED) is 0.311. The van der Waals surface area contributed by atoms with Crippen molar-refractivity contribution in [3.63, 3.8) is 0 Å². The maximum absolute atomic E-state index is 12.1. The topological polar surface area (TPSA) is 140 Å². The second-order valence-corrected chi connectivity index (χ2v) is 6.47. The standard InChI is InChI=1S/C20H30N4O5/c1-3-8-15(22-4-2)18(26)20(28)23-11-17(25)24-16(19(21)27)13-29-12-14-9-6-5-7-10-14/h5-7,9-10,15-16,22H,3-4,8,11-13H2,1-2H3,(H2,21,27)(H,23,28)(H,24,25). The second-order valence-electron chi connectivity index (χ2n) is 6.47. The molecule has 0 aromatic heterocycles. The zero-order valence-corrected chi connectivity index (χ0v) is 16.9. The van der Waals surface area contributed by atoms with Crippen molar-refractivity contribution in [2.75, 3.05) is 19.7 Å². The van der Waals surface area contributed by atoms with Crippen molar-refractivity contribution < 1.29 is 23.9 Å². The molecule has 0 aliphatic carbocycles. The van der Waals surface area contributed by atoms with Crippen molar-refractivity contribution in [2.45, 2.75) is 45.4 Å². The van der Waals surface area contributed by atoms with Gasteiger partial charge in [-0.3, -0.25) is 19.2 Å². The molecule has 0 fully saturated rings. The lowest BCUT2D eigenvalue weighted by Crippen LogP contribution is -2.52. The Bertz CT molecular complexity index is 675. The fourth-order valence-electron chi connectivity index (χ4n) is 2.58. The van der Waals surface area contributed by atoms with Gasteiger partial charge in [-0.25, -0.2) is 0 Å². The minimum absolute atomic E-state index is 0.109. The monoisotopic (exact) mass is 406 g/mol. The van der Waals surface area contributed by atoms with E-state index in [0.717, 1.165) is 12.0 Å². The van der Waals surface area contributed by atoms with Gasteiger partial charge in [0.1, 0.15) is 6.04 Å². The van der Waals surface area contributed by atoms with Crippen LogP contribution in [0.4, 0.5) is 0 Å². The minimum atomic E-state index is -1.05. The van der Waals surface area contributed by atoms with Gasteiger partial charge in [0.2, 0.25) is 17.6 Å². The van der Waals surface area contributed by atoms with Crippen LogP contribution in [0.25, 0.3) is 0 Å². The molecule has 9 nitrogen and oxygen atoms in total. The molecule has 29 heavy (non-hydrogen) atoms. The van der Waals surface area contributed by atoms with Crippen LogP contribution in [0.3, 0.4) is 0 Å². The van der Waals surface area contributed by atoms with Gasteiger partial charge in [0.05, 0.1) is 25.8 Å². The summed E-state index contributed by atoms with van der Waals surface area (Å²) < 4.78 is 5.43. The number of carbonyl (C=O) groups excluding carboxylic acids is 4. The van der Waals surface area contributed by atoms with E-state index >= 15 is 0 Å². The number of nitrogens with two attached hydrogens (primary N) is 1. The molecule has 0 aliphatic heterocycles. The highest BCUT2D eigenvalue weighted by Gasteiger charge is 2.25. The number of Topliss-reactive ketones (excluding diaryl/α,β-unsaturated/α-hetero) is 1. The largest absolute Gasteiger partial charge is 0.374 e. The van der Waals surface area contributed by atoms with E-state index in [1.165, 1.54) is 0 Å². The number of likely N-dealkylation sites (N-methyl/N-ethyl adjacent to an activating group) is 1. The fourth-order valence-corrected chi connectivity index (χ4v) is 2.58. The lowest BCUT2D eigenvalue weighted by atomic mass is 10.1. The number of primary amides is 1. The summed E-state index contributed by atoms with van der Waals surface area (Å²) in [4.78, 5) is 47.7. The third kappa shape index (κ3) is 9.31. The van der Waals surface area contributed by atoms with Crippen LogP contribution >= 0.6 is 0 Å². The zero-order valence-electron chi connectivity index (χ0n) is 16.9. The molecule has 2 unspecified atom stereocenters. The molecule has 0 saturated heterocycles. The van der Waals surface area contributed by atoms with E-state index in [2.05, 4.69) is 16.0 Å². The highest BCUT2D eigenvalue weighted by atomic mass is 16.5. The molecule has 2 atom stereocenters. The van der Waals surface area contributed by atoms with Crippen LogP contribution in [-0.4, -0.2) is 55.3 Å². The molecule has 3 amide bonds. The van der Waals surface area contributed by atoms with E-state index in [9.17, 15) is 19.2 Å². The Morgan fingerprint density at radius 2 is 1.76 bits per heavy atom. The molecular weight excluding hydrogens is 376 g/mol. The predicted octanol–water partition coefficient (Wildman–Crippen LogP) is -0.363. The second kappa shape index (κ2) is 13.4.